The predicted octanol–water partition coefficient (Wildman–Crippen LogP) is 3.25. The molecule has 1 rings (SSSR count). The van der Waals surface area contributed by atoms with E-state index in [-0.39, 0.29) is 0 Å². The number of hydrogen-bond donors (Lipinski definition) is 1. The van der Waals surface area contributed by atoms with Crippen molar-refractivity contribution < 1.29 is 0 Å². The van der Waals surface area contributed by atoms with Gasteiger partial charge in [0.2, 0.25) is 0 Å². The minimum atomic E-state index is 0.452. The lowest BCUT2D eigenvalue weighted by Gasteiger charge is -2.23. The van der Waals surface area contributed by atoms with E-state index >= 15 is 0 Å². The summed E-state index contributed by atoms with van der Waals surface area (Å²) in [5.74, 6) is 0.452. The molecule has 0 saturated heterocycles. The van der Waals surface area contributed by atoms with Crippen LogP contribution in [0.2, 0.25) is 0 Å². The van der Waals surface area contributed by atoms with Crippen LogP contribution in [0.5, 0.6) is 0 Å². The highest BCUT2D eigenvalue weighted by atomic mass is 79.9. The maximum atomic E-state index is 4.51. The van der Waals surface area contributed by atoms with Gasteiger partial charge in [-0.1, -0.05) is 13.8 Å². The molecule has 1 aromatic heterocycles. The molecule has 84 valence electrons. The molecule has 0 spiro atoms. The van der Waals surface area contributed by atoms with E-state index < -0.39 is 0 Å². The molecular formula is C12H19BrN2. The van der Waals surface area contributed by atoms with E-state index in [1.54, 1.807) is 0 Å². The number of hydrogen-bond acceptors (Lipinski definition) is 2. The van der Waals surface area contributed by atoms with Gasteiger partial charge in [0.05, 0.1) is 0 Å². The first-order valence-electron chi connectivity index (χ1n) is 5.39. The summed E-state index contributed by atoms with van der Waals surface area (Å²) in [4.78, 5) is 4.51. The Morgan fingerprint density at radius 3 is 2.67 bits per heavy atom. The number of pyridine rings is 1. The predicted molar refractivity (Wildman–Crippen MR) is 68.2 cm³/mol. The zero-order chi connectivity index (χ0) is 11.4. The van der Waals surface area contributed by atoms with Crippen LogP contribution in [-0.2, 0) is 0 Å². The maximum Gasteiger partial charge on any atom is 0.0477 e. The Morgan fingerprint density at radius 2 is 2.20 bits per heavy atom. The molecule has 1 N–H and O–H groups in total. The summed E-state index contributed by atoms with van der Waals surface area (Å²) in [5.41, 5.74) is 2.45. The zero-order valence-electron chi connectivity index (χ0n) is 9.84. The topological polar surface area (TPSA) is 24.9 Å². The normalized spacial score (nSPS) is 15.0. The van der Waals surface area contributed by atoms with Gasteiger partial charge in [-0.05, 0) is 48.0 Å². The molecule has 0 fully saturated rings. The van der Waals surface area contributed by atoms with Gasteiger partial charge >= 0.3 is 0 Å². The maximum absolute atomic E-state index is 4.51. The van der Waals surface area contributed by atoms with E-state index in [1.807, 2.05) is 13.2 Å². The van der Waals surface area contributed by atoms with Gasteiger partial charge in [-0.25, -0.2) is 0 Å². The van der Waals surface area contributed by atoms with Crippen LogP contribution >= 0.6 is 15.9 Å². The lowest BCUT2D eigenvalue weighted by Crippen LogP contribution is -2.30. The Labute approximate surface area is 101 Å². The van der Waals surface area contributed by atoms with Crippen molar-refractivity contribution in [2.75, 3.05) is 7.05 Å². The van der Waals surface area contributed by atoms with Gasteiger partial charge in [-0.15, -0.1) is 0 Å². The first-order valence-corrected chi connectivity index (χ1v) is 6.18. The van der Waals surface area contributed by atoms with E-state index in [9.17, 15) is 0 Å². The Morgan fingerprint density at radius 1 is 1.53 bits per heavy atom. The Bertz CT molecular complexity index is 321. The molecule has 0 bridgehead atoms. The van der Waals surface area contributed by atoms with Crippen molar-refractivity contribution in [3.05, 3.63) is 28.0 Å². The van der Waals surface area contributed by atoms with E-state index in [0.29, 0.717) is 12.0 Å². The van der Waals surface area contributed by atoms with Crippen molar-refractivity contribution in [2.24, 2.45) is 0 Å². The second-order valence-electron chi connectivity index (χ2n) is 3.95. The Hall–Kier alpha value is -0.410. The molecule has 0 aliphatic heterocycles. The fourth-order valence-electron chi connectivity index (χ4n) is 2.03. The Kier molecular flexibility index (Phi) is 4.74. The van der Waals surface area contributed by atoms with Crippen LogP contribution in [0.4, 0.5) is 0 Å². The van der Waals surface area contributed by atoms with Gasteiger partial charge in [0.25, 0.3) is 0 Å². The SMILES string of the molecule is CCC(NC)C(C)c1ncc(Br)cc1C. The summed E-state index contributed by atoms with van der Waals surface area (Å²) in [5, 5.41) is 3.34. The third-order valence-electron chi connectivity index (χ3n) is 2.93. The highest BCUT2D eigenvalue weighted by Gasteiger charge is 2.18. The highest BCUT2D eigenvalue weighted by molar-refractivity contribution is 9.10. The smallest absolute Gasteiger partial charge is 0.0477 e. The molecule has 0 amide bonds. The Balaban J connectivity index is 2.94. The van der Waals surface area contributed by atoms with E-state index in [4.69, 9.17) is 0 Å². The number of halogens is 1. The minimum absolute atomic E-state index is 0.452. The number of likely N-dealkylation sites (N-methyl/N-ethyl adjacent to an activating group) is 1. The van der Waals surface area contributed by atoms with Crippen LogP contribution in [0.3, 0.4) is 0 Å². The summed E-state index contributed by atoms with van der Waals surface area (Å²) in [6, 6.07) is 2.62. The van der Waals surface area contributed by atoms with Crippen LogP contribution in [-0.4, -0.2) is 18.1 Å². The van der Waals surface area contributed by atoms with Crippen LogP contribution < -0.4 is 5.32 Å². The number of aryl methyl sites for hydroxylation is 1. The van der Waals surface area contributed by atoms with Gasteiger partial charge < -0.3 is 5.32 Å². The molecule has 1 aromatic rings. The van der Waals surface area contributed by atoms with Gasteiger partial charge in [-0.2, -0.15) is 0 Å². The second-order valence-corrected chi connectivity index (χ2v) is 4.86. The minimum Gasteiger partial charge on any atom is -0.316 e. The lowest BCUT2D eigenvalue weighted by atomic mass is 9.93. The van der Waals surface area contributed by atoms with Crippen LogP contribution in [0.15, 0.2) is 16.7 Å². The molecule has 0 saturated carbocycles. The van der Waals surface area contributed by atoms with Gasteiger partial charge in [-0.3, -0.25) is 4.98 Å². The largest absolute Gasteiger partial charge is 0.316 e. The molecule has 2 atom stereocenters. The third-order valence-corrected chi connectivity index (χ3v) is 3.36. The van der Waals surface area contributed by atoms with Crippen molar-refractivity contribution in [2.45, 2.75) is 39.2 Å². The average molecular weight is 271 g/mol. The van der Waals surface area contributed by atoms with Gasteiger partial charge in [0.15, 0.2) is 0 Å². The van der Waals surface area contributed by atoms with Crippen molar-refractivity contribution in [3.8, 4) is 0 Å². The van der Waals surface area contributed by atoms with Crippen molar-refractivity contribution in [1.82, 2.24) is 10.3 Å². The molecule has 15 heavy (non-hydrogen) atoms. The van der Waals surface area contributed by atoms with Crippen molar-refractivity contribution in [3.63, 3.8) is 0 Å². The molecule has 2 unspecified atom stereocenters. The second kappa shape index (κ2) is 5.61. The standard InChI is InChI=1S/C12H19BrN2/c1-5-11(14-4)9(3)12-8(2)6-10(13)7-15-12/h6-7,9,11,14H,5H2,1-4H3. The fraction of sp³-hybridized carbons (Fsp3) is 0.583. The number of aromatic nitrogens is 1. The number of rotatable bonds is 4. The third kappa shape index (κ3) is 3.02. The molecule has 1 heterocycles. The molecule has 0 aliphatic rings. The first-order chi connectivity index (χ1) is 7.10. The molecule has 0 radical (unpaired) electrons. The summed E-state index contributed by atoms with van der Waals surface area (Å²) < 4.78 is 1.05. The number of nitrogens with zero attached hydrogens (tertiary/aromatic N) is 1. The average Bonchev–Trinajstić information content (AvgIpc) is 2.19. The summed E-state index contributed by atoms with van der Waals surface area (Å²) in [6.45, 7) is 6.55. The lowest BCUT2D eigenvalue weighted by molar-refractivity contribution is 0.464. The van der Waals surface area contributed by atoms with Crippen molar-refractivity contribution >= 4 is 15.9 Å². The first kappa shape index (κ1) is 12.7. The van der Waals surface area contributed by atoms with Crippen LogP contribution in [0.25, 0.3) is 0 Å². The molecule has 0 aliphatic carbocycles. The summed E-state index contributed by atoms with van der Waals surface area (Å²) >= 11 is 3.44. The zero-order valence-corrected chi connectivity index (χ0v) is 11.4. The molecule has 0 aromatic carbocycles. The van der Waals surface area contributed by atoms with E-state index in [1.165, 1.54) is 11.3 Å². The monoisotopic (exact) mass is 270 g/mol. The molecule has 2 nitrogen and oxygen atoms in total. The highest BCUT2D eigenvalue weighted by Crippen LogP contribution is 2.24. The van der Waals surface area contributed by atoms with Crippen molar-refractivity contribution in [1.29, 1.82) is 0 Å². The van der Waals surface area contributed by atoms with Gasteiger partial charge in [0.1, 0.15) is 0 Å². The summed E-state index contributed by atoms with van der Waals surface area (Å²) in [6.07, 6.45) is 3.00. The quantitative estimate of drug-likeness (QED) is 0.909. The van der Waals surface area contributed by atoms with E-state index in [0.717, 1.165) is 10.9 Å². The molecular weight excluding hydrogens is 252 g/mol. The van der Waals surface area contributed by atoms with Crippen LogP contribution in [0.1, 0.15) is 37.4 Å². The summed E-state index contributed by atoms with van der Waals surface area (Å²) in [7, 11) is 2.01. The van der Waals surface area contributed by atoms with E-state index in [2.05, 4.69) is 53.1 Å². The van der Waals surface area contributed by atoms with Crippen LogP contribution in [0, 0.1) is 6.92 Å². The molecule has 3 heteroatoms. The fourth-order valence-corrected chi connectivity index (χ4v) is 2.47. The van der Waals surface area contributed by atoms with Gasteiger partial charge in [0, 0.05) is 28.3 Å². The number of nitrogens with one attached hydrogen (secondary N) is 1.